The molecule has 0 unspecified atom stereocenters. The number of nitrogens with two attached hydrogens (primary N) is 1. The predicted molar refractivity (Wildman–Crippen MR) is 66.0 cm³/mol. The van der Waals surface area contributed by atoms with Crippen LogP contribution >= 0.6 is 0 Å². The van der Waals surface area contributed by atoms with E-state index in [1.807, 2.05) is 18.3 Å². The number of nitrogens with zero attached hydrogens (tertiary/aromatic N) is 2. The summed E-state index contributed by atoms with van der Waals surface area (Å²) in [4.78, 5) is 6.27. The van der Waals surface area contributed by atoms with Gasteiger partial charge < -0.3 is 10.2 Å². The fourth-order valence-electron chi connectivity index (χ4n) is 1.79. The molecule has 4 heteroatoms. The Morgan fingerprint density at radius 3 is 2.94 bits per heavy atom. The summed E-state index contributed by atoms with van der Waals surface area (Å²) in [5.41, 5.74) is 7.90. The molecule has 0 aliphatic rings. The van der Waals surface area contributed by atoms with Crippen LogP contribution in [0.25, 0.3) is 0 Å². The fraction of sp³-hybridized carbons (Fsp3) is 0.308. The van der Waals surface area contributed by atoms with Gasteiger partial charge in [-0.25, -0.2) is 0 Å². The lowest BCUT2D eigenvalue weighted by molar-refractivity contribution is 0.286. The van der Waals surface area contributed by atoms with Crippen LogP contribution in [0.2, 0.25) is 0 Å². The molecule has 90 valence electrons. The fourth-order valence-corrected chi connectivity index (χ4v) is 1.79. The summed E-state index contributed by atoms with van der Waals surface area (Å²) in [6.45, 7) is 2.12. The highest BCUT2D eigenvalue weighted by atomic mass is 16.3. The number of hydrogen-bond acceptors (Lipinski definition) is 4. The standard InChI is InChI=1S/C13H17N3O/c1-16(9-11-3-2-5-15-8-11)10-13-12(7-14)4-6-17-13/h2-6,8H,7,9-10,14H2,1H3. The summed E-state index contributed by atoms with van der Waals surface area (Å²) in [6, 6.07) is 5.93. The maximum Gasteiger partial charge on any atom is 0.122 e. The Balaban J connectivity index is 1.96. The largest absolute Gasteiger partial charge is 0.468 e. The molecule has 0 saturated carbocycles. The summed E-state index contributed by atoms with van der Waals surface area (Å²) < 4.78 is 5.43. The van der Waals surface area contributed by atoms with Gasteiger partial charge in [-0.1, -0.05) is 6.07 Å². The van der Waals surface area contributed by atoms with Gasteiger partial charge in [-0.2, -0.15) is 0 Å². The second kappa shape index (κ2) is 5.61. The summed E-state index contributed by atoms with van der Waals surface area (Å²) in [7, 11) is 2.05. The molecule has 17 heavy (non-hydrogen) atoms. The molecule has 0 fully saturated rings. The second-order valence-electron chi connectivity index (χ2n) is 4.11. The molecule has 0 aliphatic heterocycles. The number of rotatable bonds is 5. The van der Waals surface area contributed by atoms with Crippen LogP contribution in [-0.4, -0.2) is 16.9 Å². The zero-order valence-corrected chi connectivity index (χ0v) is 9.97. The lowest BCUT2D eigenvalue weighted by atomic mass is 10.2. The Morgan fingerprint density at radius 1 is 1.35 bits per heavy atom. The Kier molecular flexibility index (Phi) is 3.90. The van der Waals surface area contributed by atoms with Crippen molar-refractivity contribution in [3.8, 4) is 0 Å². The van der Waals surface area contributed by atoms with Crippen molar-refractivity contribution in [2.24, 2.45) is 5.73 Å². The van der Waals surface area contributed by atoms with E-state index in [0.717, 1.165) is 24.4 Å². The van der Waals surface area contributed by atoms with E-state index in [9.17, 15) is 0 Å². The number of furan rings is 1. The van der Waals surface area contributed by atoms with E-state index in [1.54, 1.807) is 12.5 Å². The number of aromatic nitrogens is 1. The minimum atomic E-state index is 0.520. The van der Waals surface area contributed by atoms with E-state index in [1.165, 1.54) is 5.56 Å². The number of pyridine rings is 1. The highest BCUT2D eigenvalue weighted by Crippen LogP contribution is 2.13. The average molecular weight is 231 g/mol. The Bertz CT molecular complexity index is 453. The first-order valence-electron chi connectivity index (χ1n) is 5.62. The maximum atomic E-state index is 5.63. The predicted octanol–water partition coefficient (Wildman–Crippen LogP) is 1.77. The lowest BCUT2D eigenvalue weighted by Gasteiger charge is -2.15. The van der Waals surface area contributed by atoms with E-state index < -0.39 is 0 Å². The Labute approximate surface area is 101 Å². The molecule has 2 N–H and O–H groups in total. The maximum absolute atomic E-state index is 5.63. The highest BCUT2D eigenvalue weighted by molar-refractivity contribution is 5.16. The van der Waals surface area contributed by atoms with Gasteiger partial charge in [-0.3, -0.25) is 9.88 Å². The normalized spacial score (nSPS) is 11.0. The quantitative estimate of drug-likeness (QED) is 0.852. The molecule has 4 nitrogen and oxygen atoms in total. The molecule has 0 radical (unpaired) electrons. The van der Waals surface area contributed by atoms with Crippen molar-refractivity contribution in [2.75, 3.05) is 7.05 Å². The molecule has 0 spiro atoms. The van der Waals surface area contributed by atoms with Crippen molar-refractivity contribution in [3.63, 3.8) is 0 Å². The van der Waals surface area contributed by atoms with E-state index in [4.69, 9.17) is 10.2 Å². The third kappa shape index (κ3) is 3.15. The van der Waals surface area contributed by atoms with Crippen LogP contribution < -0.4 is 5.73 Å². The smallest absolute Gasteiger partial charge is 0.122 e. The molecule has 0 aromatic carbocycles. The third-order valence-electron chi connectivity index (χ3n) is 2.65. The van der Waals surface area contributed by atoms with Gasteiger partial charge in [0.25, 0.3) is 0 Å². The van der Waals surface area contributed by atoms with Gasteiger partial charge in [0, 0.05) is 31.0 Å². The minimum absolute atomic E-state index is 0.520. The van der Waals surface area contributed by atoms with Crippen LogP contribution in [0.3, 0.4) is 0 Å². The van der Waals surface area contributed by atoms with E-state index in [2.05, 4.69) is 23.0 Å². The van der Waals surface area contributed by atoms with Gasteiger partial charge in [0.2, 0.25) is 0 Å². The van der Waals surface area contributed by atoms with Crippen LogP contribution in [0, 0.1) is 0 Å². The van der Waals surface area contributed by atoms with Crippen molar-refractivity contribution in [1.29, 1.82) is 0 Å². The zero-order chi connectivity index (χ0) is 12.1. The number of hydrogen-bond donors (Lipinski definition) is 1. The molecule has 2 heterocycles. The molecular formula is C13H17N3O. The van der Waals surface area contributed by atoms with Gasteiger partial charge in [0.05, 0.1) is 12.8 Å². The van der Waals surface area contributed by atoms with Crippen LogP contribution in [0.1, 0.15) is 16.9 Å². The monoisotopic (exact) mass is 231 g/mol. The Morgan fingerprint density at radius 2 is 2.24 bits per heavy atom. The molecular weight excluding hydrogens is 214 g/mol. The van der Waals surface area contributed by atoms with Crippen LogP contribution in [-0.2, 0) is 19.6 Å². The van der Waals surface area contributed by atoms with Crippen LogP contribution in [0.4, 0.5) is 0 Å². The van der Waals surface area contributed by atoms with E-state index >= 15 is 0 Å². The van der Waals surface area contributed by atoms with E-state index in [0.29, 0.717) is 6.54 Å². The SMILES string of the molecule is CN(Cc1cccnc1)Cc1occc1CN. The first kappa shape index (κ1) is 11.8. The summed E-state index contributed by atoms with van der Waals surface area (Å²) >= 11 is 0. The summed E-state index contributed by atoms with van der Waals surface area (Å²) in [6.07, 6.45) is 5.35. The average Bonchev–Trinajstić information content (AvgIpc) is 2.77. The van der Waals surface area contributed by atoms with Gasteiger partial charge >= 0.3 is 0 Å². The molecule has 2 rings (SSSR count). The van der Waals surface area contributed by atoms with Gasteiger partial charge in [0.15, 0.2) is 0 Å². The summed E-state index contributed by atoms with van der Waals surface area (Å²) in [5.74, 6) is 0.943. The third-order valence-corrected chi connectivity index (χ3v) is 2.65. The van der Waals surface area contributed by atoms with Crippen molar-refractivity contribution in [3.05, 3.63) is 53.7 Å². The van der Waals surface area contributed by atoms with Crippen LogP contribution in [0.15, 0.2) is 41.3 Å². The van der Waals surface area contributed by atoms with Gasteiger partial charge in [-0.15, -0.1) is 0 Å². The van der Waals surface area contributed by atoms with Crippen LogP contribution in [0.5, 0.6) is 0 Å². The summed E-state index contributed by atoms with van der Waals surface area (Å²) in [5, 5.41) is 0. The molecule has 0 amide bonds. The molecule has 0 atom stereocenters. The highest BCUT2D eigenvalue weighted by Gasteiger charge is 2.08. The molecule has 2 aromatic heterocycles. The van der Waals surface area contributed by atoms with Gasteiger partial charge in [0.1, 0.15) is 5.76 Å². The zero-order valence-electron chi connectivity index (χ0n) is 9.97. The van der Waals surface area contributed by atoms with Gasteiger partial charge in [-0.05, 0) is 24.7 Å². The van der Waals surface area contributed by atoms with E-state index in [-0.39, 0.29) is 0 Å². The van der Waals surface area contributed by atoms with Crippen molar-refractivity contribution < 1.29 is 4.42 Å². The van der Waals surface area contributed by atoms with Crippen molar-refractivity contribution >= 4 is 0 Å². The van der Waals surface area contributed by atoms with Crippen molar-refractivity contribution in [1.82, 2.24) is 9.88 Å². The minimum Gasteiger partial charge on any atom is -0.468 e. The lowest BCUT2D eigenvalue weighted by Crippen LogP contribution is -2.18. The molecule has 2 aromatic rings. The first-order chi connectivity index (χ1) is 8.29. The molecule has 0 saturated heterocycles. The molecule has 0 aliphatic carbocycles. The molecule has 0 bridgehead atoms. The second-order valence-corrected chi connectivity index (χ2v) is 4.11. The topological polar surface area (TPSA) is 55.3 Å². The van der Waals surface area contributed by atoms with Crippen molar-refractivity contribution in [2.45, 2.75) is 19.6 Å². The Hall–Kier alpha value is -1.65. The first-order valence-corrected chi connectivity index (χ1v) is 5.62.